The van der Waals surface area contributed by atoms with Gasteiger partial charge in [-0.3, -0.25) is 37.3 Å². The molecule has 0 aliphatic rings. The fourth-order valence-corrected chi connectivity index (χ4v) is 12.0. The van der Waals surface area contributed by atoms with E-state index in [9.17, 15) is 43.2 Å². The second-order valence-corrected chi connectivity index (χ2v) is 28.3. The molecule has 0 aromatic rings. The minimum absolute atomic E-state index is 0.106. The summed E-state index contributed by atoms with van der Waals surface area (Å²) >= 11 is 0. The largest absolute Gasteiger partial charge is 0.472 e. The number of esters is 4. The highest BCUT2D eigenvalue weighted by atomic mass is 31.2. The fraction of sp³-hybridized carbons (Fsp3) is 0.942. The second kappa shape index (κ2) is 62.5. The molecule has 19 heteroatoms. The van der Waals surface area contributed by atoms with E-state index in [1.54, 1.807) is 0 Å². The van der Waals surface area contributed by atoms with Crippen molar-refractivity contribution in [3.8, 4) is 0 Å². The lowest BCUT2D eigenvalue weighted by Gasteiger charge is -2.21. The van der Waals surface area contributed by atoms with Crippen molar-refractivity contribution in [2.75, 3.05) is 39.6 Å². The molecule has 0 amide bonds. The van der Waals surface area contributed by atoms with Crippen molar-refractivity contribution < 1.29 is 80.2 Å². The average molecular weight is 1300 g/mol. The zero-order chi connectivity index (χ0) is 64.9. The Morgan fingerprint density at radius 3 is 0.773 bits per heavy atom. The molecule has 0 aromatic heterocycles. The van der Waals surface area contributed by atoms with Crippen LogP contribution in [0, 0.1) is 5.92 Å². The summed E-state index contributed by atoms with van der Waals surface area (Å²) in [4.78, 5) is 72.2. The molecule has 0 aliphatic carbocycles. The van der Waals surface area contributed by atoms with Gasteiger partial charge in [0.15, 0.2) is 12.2 Å². The molecule has 0 heterocycles. The van der Waals surface area contributed by atoms with Gasteiger partial charge in [0, 0.05) is 25.7 Å². The lowest BCUT2D eigenvalue weighted by molar-refractivity contribution is -0.161. The summed E-state index contributed by atoms with van der Waals surface area (Å²) in [6.07, 6.45) is 49.0. The van der Waals surface area contributed by atoms with Crippen LogP contribution in [-0.4, -0.2) is 96.7 Å². The number of ether oxygens (including phenoxy) is 4. The number of rotatable bonds is 69. The molecular formula is C69H134O17P2. The summed E-state index contributed by atoms with van der Waals surface area (Å²) in [6, 6.07) is 0. The van der Waals surface area contributed by atoms with Crippen LogP contribution in [0.4, 0.5) is 0 Å². The smallest absolute Gasteiger partial charge is 0.462 e. The lowest BCUT2D eigenvalue weighted by Crippen LogP contribution is -2.30. The van der Waals surface area contributed by atoms with Crippen molar-refractivity contribution in [2.45, 2.75) is 374 Å². The molecule has 0 aliphatic heterocycles. The summed E-state index contributed by atoms with van der Waals surface area (Å²) in [5.41, 5.74) is 0. The normalized spacial score (nSPS) is 14.1. The number of phosphoric ester groups is 2. The van der Waals surface area contributed by atoms with Gasteiger partial charge in [0.1, 0.15) is 19.3 Å². The van der Waals surface area contributed by atoms with E-state index >= 15 is 0 Å². The maximum absolute atomic E-state index is 13.0. The van der Waals surface area contributed by atoms with Crippen LogP contribution in [0.3, 0.4) is 0 Å². The standard InChI is InChI=1S/C69H134O17P2/c1-6-9-12-15-18-20-22-23-24-25-26-27-28-29-30-31-32-34-39-45-50-55-69(74)86-65(59-80-67(72)53-48-43-40-35-37-41-46-51-62(4)5)61-84-88(77,78)82-57-63(70)56-81-87(75,76)83-60-64(58-79-66(71)52-47-42-36-17-14-11-8-3)85-68(73)54-49-44-38-33-21-19-16-13-10-7-2/h62-65,70H,6-61H2,1-5H3,(H,75,76)(H,77,78)/t63-,64+,65+/m0/s1. The first-order chi connectivity index (χ1) is 42.5. The molecule has 0 rings (SSSR count). The third-order valence-corrected chi connectivity index (χ3v) is 17.9. The van der Waals surface area contributed by atoms with E-state index in [0.717, 1.165) is 109 Å². The van der Waals surface area contributed by atoms with Crippen LogP contribution in [0.15, 0.2) is 0 Å². The Labute approximate surface area is 537 Å². The van der Waals surface area contributed by atoms with Crippen LogP contribution in [-0.2, 0) is 65.4 Å². The number of hydrogen-bond acceptors (Lipinski definition) is 15. The molecule has 88 heavy (non-hydrogen) atoms. The first kappa shape index (κ1) is 86.1. The number of carbonyl (C=O) groups excluding carboxylic acids is 4. The average Bonchev–Trinajstić information content (AvgIpc) is 3.70. The maximum atomic E-state index is 13.0. The molecule has 17 nitrogen and oxygen atoms in total. The minimum Gasteiger partial charge on any atom is -0.462 e. The van der Waals surface area contributed by atoms with Crippen LogP contribution in [0.1, 0.15) is 356 Å². The molecule has 0 fully saturated rings. The topological polar surface area (TPSA) is 237 Å². The highest BCUT2D eigenvalue weighted by molar-refractivity contribution is 7.47. The number of hydrogen-bond donors (Lipinski definition) is 3. The van der Waals surface area contributed by atoms with Gasteiger partial charge in [-0.05, 0) is 31.6 Å². The van der Waals surface area contributed by atoms with Crippen LogP contribution < -0.4 is 0 Å². The van der Waals surface area contributed by atoms with Crippen molar-refractivity contribution in [3.63, 3.8) is 0 Å². The number of aliphatic hydroxyl groups excluding tert-OH is 1. The van der Waals surface area contributed by atoms with Gasteiger partial charge in [0.2, 0.25) is 0 Å². The zero-order valence-corrected chi connectivity index (χ0v) is 58.6. The maximum Gasteiger partial charge on any atom is 0.472 e. The predicted octanol–water partition coefficient (Wildman–Crippen LogP) is 19.7. The molecule has 3 N–H and O–H groups in total. The van der Waals surface area contributed by atoms with Crippen molar-refractivity contribution in [1.29, 1.82) is 0 Å². The van der Waals surface area contributed by atoms with Crippen molar-refractivity contribution in [1.82, 2.24) is 0 Å². The molecule has 522 valence electrons. The first-order valence-corrected chi connectivity index (χ1v) is 39.1. The van der Waals surface area contributed by atoms with Gasteiger partial charge in [0.25, 0.3) is 0 Å². The summed E-state index contributed by atoms with van der Waals surface area (Å²) in [5.74, 6) is -1.43. The van der Waals surface area contributed by atoms with Gasteiger partial charge in [-0.15, -0.1) is 0 Å². The van der Waals surface area contributed by atoms with E-state index in [0.29, 0.717) is 31.6 Å². The van der Waals surface area contributed by atoms with Crippen LogP contribution >= 0.6 is 15.6 Å². The summed E-state index contributed by atoms with van der Waals surface area (Å²) in [7, 11) is -9.89. The van der Waals surface area contributed by atoms with E-state index in [4.69, 9.17) is 37.0 Å². The van der Waals surface area contributed by atoms with E-state index in [1.807, 2.05) is 0 Å². The molecule has 0 radical (unpaired) electrons. The van der Waals surface area contributed by atoms with E-state index in [1.165, 1.54) is 161 Å². The molecule has 0 spiro atoms. The third-order valence-electron chi connectivity index (χ3n) is 16.0. The molecular weight excluding hydrogens is 1160 g/mol. The molecule has 0 saturated carbocycles. The van der Waals surface area contributed by atoms with E-state index in [-0.39, 0.29) is 25.7 Å². The van der Waals surface area contributed by atoms with E-state index < -0.39 is 97.5 Å². The highest BCUT2D eigenvalue weighted by Crippen LogP contribution is 2.45. The van der Waals surface area contributed by atoms with Gasteiger partial charge in [-0.2, -0.15) is 0 Å². The molecule has 2 unspecified atom stereocenters. The monoisotopic (exact) mass is 1300 g/mol. The first-order valence-electron chi connectivity index (χ1n) is 36.1. The van der Waals surface area contributed by atoms with Gasteiger partial charge < -0.3 is 33.8 Å². The van der Waals surface area contributed by atoms with Crippen molar-refractivity contribution in [3.05, 3.63) is 0 Å². The Hall–Kier alpha value is -1.94. The van der Waals surface area contributed by atoms with Crippen LogP contribution in [0.25, 0.3) is 0 Å². The Kier molecular flexibility index (Phi) is 61.1. The minimum atomic E-state index is -4.95. The molecule has 0 aromatic carbocycles. The Morgan fingerprint density at radius 1 is 0.307 bits per heavy atom. The highest BCUT2D eigenvalue weighted by Gasteiger charge is 2.30. The quantitative estimate of drug-likeness (QED) is 0.0222. The Balaban J connectivity index is 5.11. The third kappa shape index (κ3) is 62.8. The molecule has 0 saturated heterocycles. The van der Waals surface area contributed by atoms with E-state index in [2.05, 4.69) is 34.6 Å². The number of carbonyl (C=O) groups is 4. The molecule has 5 atom stereocenters. The fourth-order valence-electron chi connectivity index (χ4n) is 10.5. The lowest BCUT2D eigenvalue weighted by atomic mass is 10.0. The van der Waals surface area contributed by atoms with Gasteiger partial charge >= 0.3 is 39.5 Å². The molecule has 0 bridgehead atoms. The van der Waals surface area contributed by atoms with Gasteiger partial charge in [-0.25, -0.2) is 9.13 Å². The Morgan fingerprint density at radius 2 is 0.523 bits per heavy atom. The summed E-state index contributed by atoms with van der Waals surface area (Å²) in [6.45, 7) is 7.13. The van der Waals surface area contributed by atoms with Crippen LogP contribution in [0.2, 0.25) is 0 Å². The Bertz CT molecular complexity index is 1700. The number of unbranched alkanes of at least 4 members (excludes halogenated alkanes) is 41. The summed E-state index contributed by atoms with van der Waals surface area (Å²) in [5, 5.41) is 10.5. The number of phosphoric acid groups is 2. The zero-order valence-electron chi connectivity index (χ0n) is 56.9. The summed E-state index contributed by atoms with van der Waals surface area (Å²) < 4.78 is 68.0. The van der Waals surface area contributed by atoms with Crippen molar-refractivity contribution >= 4 is 39.5 Å². The van der Waals surface area contributed by atoms with Gasteiger partial charge in [0.05, 0.1) is 26.4 Å². The predicted molar refractivity (Wildman–Crippen MR) is 354 cm³/mol. The van der Waals surface area contributed by atoms with Crippen LogP contribution in [0.5, 0.6) is 0 Å². The van der Waals surface area contributed by atoms with Gasteiger partial charge in [-0.1, -0.05) is 304 Å². The number of aliphatic hydroxyl groups is 1. The SMILES string of the molecule is CCCCCCCCCCCCCCCCCCCCCCCC(=O)O[C@H](COC(=O)CCCCCCCCCC(C)C)COP(=O)(O)OC[C@@H](O)COP(=O)(O)OC[C@@H](COC(=O)CCCCCCCCC)OC(=O)CCCCCCCCCCCC. The van der Waals surface area contributed by atoms with Crippen molar-refractivity contribution in [2.24, 2.45) is 5.92 Å². The second-order valence-electron chi connectivity index (χ2n) is 25.4.